The molecule has 1 aromatic carbocycles. The van der Waals surface area contributed by atoms with Gasteiger partial charge in [0, 0.05) is 37.8 Å². The molecular formula is C21H29N3O3. The van der Waals surface area contributed by atoms with Gasteiger partial charge in [0.25, 0.3) is 5.91 Å². The Morgan fingerprint density at radius 3 is 2.96 bits per heavy atom. The minimum Gasteiger partial charge on any atom is -0.381 e. The largest absolute Gasteiger partial charge is 0.381 e. The van der Waals surface area contributed by atoms with E-state index in [4.69, 9.17) is 4.74 Å². The van der Waals surface area contributed by atoms with Gasteiger partial charge in [-0.15, -0.1) is 0 Å². The number of benzene rings is 1. The van der Waals surface area contributed by atoms with Crippen LogP contribution >= 0.6 is 0 Å². The lowest BCUT2D eigenvalue weighted by molar-refractivity contribution is -0.126. The maximum atomic E-state index is 13.0. The molecule has 3 heterocycles. The van der Waals surface area contributed by atoms with Gasteiger partial charge in [0.15, 0.2) is 0 Å². The molecule has 0 saturated carbocycles. The first-order valence-corrected chi connectivity index (χ1v) is 9.98. The molecule has 6 nitrogen and oxygen atoms in total. The van der Waals surface area contributed by atoms with Crippen LogP contribution in [0.25, 0.3) is 0 Å². The Balaban J connectivity index is 1.61. The van der Waals surface area contributed by atoms with Crippen molar-refractivity contribution in [2.75, 3.05) is 32.8 Å². The Morgan fingerprint density at radius 2 is 2.22 bits per heavy atom. The summed E-state index contributed by atoms with van der Waals surface area (Å²) in [5, 5.41) is 6.30. The molecule has 0 unspecified atom stereocenters. The van der Waals surface area contributed by atoms with Crippen molar-refractivity contribution in [3.05, 3.63) is 35.4 Å². The molecule has 0 radical (unpaired) electrons. The summed E-state index contributed by atoms with van der Waals surface area (Å²) >= 11 is 0. The summed E-state index contributed by atoms with van der Waals surface area (Å²) in [4.78, 5) is 28.2. The molecule has 1 aromatic rings. The van der Waals surface area contributed by atoms with Gasteiger partial charge in [-0.05, 0) is 44.2 Å². The van der Waals surface area contributed by atoms with Crippen LogP contribution in [0.15, 0.2) is 24.3 Å². The topological polar surface area (TPSA) is 70.7 Å². The van der Waals surface area contributed by atoms with E-state index in [1.54, 1.807) is 0 Å². The predicted octanol–water partition coefficient (Wildman–Crippen LogP) is 1.20. The smallest absolute Gasteiger partial charge is 0.252 e. The highest BCUT2D eigenvalue weighted by Crippen LogP contribution is 2.36. The number of hydrogen-bond donors (Lipinski definition) is 2. The number of likely N-dealkylation sites (tertiary alicyclic amines) is 1. The second kappa shape index (κ2) is 7.24. The van der Waals surface area contributed by atoms with Gasteiger partial charge in [0.1, 0.15) is 0 Å². The molecule has 2 N–H and O–H groups in total. The van der Waals surface area contributed by atoms with Gasteiger partial charge >= 0.3 is 0 Å². The van der Waals surface area contributed by atoms with Gasteiger partial charge in [-0.1, -0.05) is 18.2 Å². The van der Waals surface area contributed by atoms with E-state index in [0.717, 1.165) is 37.3 Å². The second-order valence-electron chi connectivity index (χ2n) is 8.58. The van der Waals surface area contributed by atoms with Crippen molar-refractivity contribution in [2.45, 2.75) is 38.3 Å². The molecular weight excluding hydrogens is 342 g/mol. The Bertz CT molecular complexity index is 729. The van der Waals surface area contributed by atoms with Gasteiger partial charge in [0.05, 0.1) is 18.1 Å². The first-order chi connectivity index (χ1) is 13.0. The van der Waals surface area contributed by atoms with Crippen molar-refractivity contribution >= 4 is 11.8 Å². The van der Waals surface area contributed by atoms with Crippen molar-refractivity contribution in [2.24, 2.45) is 11.8 Å². The van der Waals surface area contributed by atoms with Crippen molar-refractivity contribution in [3.8, 4) is 0 Å². The van der Waals surface area contributed by atoms with E-state index < -0.39 is 5.54 Å². The summed E-state index contributed by atoms with van der Waals surface area (Å²) < 4.78 is 5.52. The number of carbonyl (C=O) groups is 2. The predicted molar refractivity (Wildman–Crippen MR) is 102 cm³/mol. The molecule has 27 heavy (non-hydrogen) atoms. The first-order valence-electron chi connectivity index (χ1n) is 9.98. The lowest BCUT2D eigenvalue weighted by atomic mass is 9.77. The number of hydrogen-bond acceptors (Lipinski definition) is 4. The molecule has 146 valence electrons. The molecule has 0 aliphatic carbocycles. The Morgan fingerprint density at radius 1 is 1.41 bits per heavy atom. The quantitative estimate of drug-likeness (QED) is 0.835. The van der Waals surface area contributed by atoms with Gasteiger partial charge in [-0.3, -0.25) is 14.5 Å². The number of fused-ring (bicyclic) bond motifs is 1. The van der Waals surface area contributed by atoms with Crippen LogP contribution in [0, 0.1) is 11.8 Å². The minimum absolute atomic E-state index is 0.0369. The fourth-order valence-electron chi connectivity index (χ4n) is 4.84. The highest BCUT2D eigenvalue weighted by Gasteiger charge is 2.53. The third kappa shape index (κ3) is 3.60. The van der Waals surface area contributed by atoms with E-state index in [-0.39, 0.29) is 23.8 Å². The molecule has 6 heteroatoms. The van der Waals surface area contributed by atoms with Crippen LogP contribution in [-0.2, 0) is 16.0 Å². The van der Waals surface area contributed by atoms with Crippen LogP contribution in [0.4, 0.5) is 0 Å². The molecule has 0 aromatic heterocycles. The van der Waals surface area contributed by atoms with Gasteiger partial charge in [0.2, 0.25) is 5.91 Å². The average molecular weight is 371 g/mol. The maximum Gasteiger partial charge on any atom is 0.252 e. The maximum absolute atomic E-state index is 13.0. The monoisotopic (exact) mass is 371 g/mol. The molecule has 1 spiro atoms. The van der Waals surface area contributed by atoms with Crippen molar-refractivity contribution < 1.29 is 14.3 Å². The van der Waals surface area contributed by atoms with Crippen LogP contribution in [0.1, 0.15) is 36.2 Å². The van der Waals surface area contributed by atoms with E-state index in [0.29, 0.717) is 25.4 Å². The van der Waals surface area contributed by atoms with Crippen molar-refractivity contribution in [1.29, 1.82) is 0 Å². The third-order valence-electron chi connectivity index (χ3n) is 6.03. The number of nitrogens with zero attached hydrogens (tertiary/aromatic N) is 1. The number of ether oxygens (including phenoxy) is 1. The number of carbonyl (C=O) groups excluding carboxylic acids is 2. The average Bonchev–Trinajstić information content (AvgIpc) is 3.23. The summed E-state index contributed by atoms with van der Waals surface area (Å²) in [5.41, 5.74) is 1.23. The van der Waals surface area contributed by atoms with Crippen molar-refractivity contribution in [3.63, 3.8) is 0 Å². The van der Waals surface area contributed by atoms with Gasteiger partial charge in [-0.25, -0.2) is 0 Å². The zero-order valence-electron chi connectivity index (χ0n) is 16.2. The van der Waals surface area contributed by atoms with Crippen LogP contribution < -0.4 is 10.6 Å². The highest BCUT2D eigenvalue weighted by molar-refractivity contribution is 5.98. The van der Waals surface area contributed by atoms with Crippen molar-refractivity contribution in [1.82, 2.24) is 15.5 Å². The third-order valence-corrected chi connectivity index (χ3v) is 6.03. The minimum atomic E-state index is -0.538. The zero-order valence-corrected chi connectivity index (χ0v) is 16.2. The summed E-state index contributed by atoms with van der Waals surface area (Å²) in [7, 11) is 0. The van der Waals surface area contributed by atoms with Crippen LogP contribution in [0.2, 0.25) is 0 Å². The molecule has 2 amide bonds. The molecule has 0 bridgehead atoms. The van der Waals surface area contributed by atoms with Crippen LogP contribution in [0.3, 0.4) is 0 Å². The molecule has 2 fully saturated rings. The van der Waals surface area contributed by atoms with E-state index in [2.05, 4.69) is 15.5 Å². The number of rotatable bonds is 4. The summed E-state index contributed by atoms with van der Waals surface area (Å²) in [6.07, 6.45) is 1.77. The summed E-state index contributed by atoms with van der Waals surface area (Å²) in [6.45, 7) is 7.87. The summed E-state index contributed by atoms with van der Waals surface area (Å²) in [6, 6.07) is 7.82. The lowest BCUT2D eigenvalue weighted by Crippen LogP contribution is -2.62. The molecule has 3 atom stereocenters. The number of amides is 2. The van der Waals surface area contributed by atoms with Crippen LogP contribution in [0.5, 0.6) is 0 Å². The van der Waals surface area contributed by atoms with E-state index in [1.807, 2.05) is 38.1 Å². The fourth-order valence-corrected chi connectivity index (χ4v) is 4.84. The molecule has 2 saturated heterocycles. The van der Waals surface area contributed by atoms with Gasteiger partial charge in [-0.2, -0.15) is 0 Å². The van der Waals surface area contributed by atoms with Gasteiger partial charge < -0.3 is 15.4 Å². The Hall–Kier alpha value is -1.92. The molecule has 4 rings (SSSR count). The highest BCUT2D eigenvalue weighted by atomic mass is 16.5. The van der Waals surface area contributed by atoms with E-state index >= 15 is 0 Å². The summed E-state index contributed by atoms with van der Waals surface area (Å²) in [5.74, 6) is 0.236. The second-order valence-corrected chi connectivity index (χ2v) is 8.58. The van der Waals surface area contributed by atoms with E-state index in [9.17, 15) is 9.59 Å². The fraction of sp³-hybridized carbons (Fsp3) is 0.619. The standard InChI is InChI=1S/C21H29N3O3/c1-14(2)22-20(26)18-11-24(10-15-7-8-27-12-15)13-21(18)9-16-5-3-4-6-17(16)19(25)23-21/h3-6,14-15,18H,7-13H2,1-2H3,(H,22,26)(H,23,25)/t15-,18+,21-/m1/s1. The zero-order chi connectivity index (χ0) is 19.0. The Kier molecular flexibility index (Phi) is 4.95. The normalized spacial score (nSPS) is 30.6. The lowest BCUT2D eigenvalue weighted by Gasteiger charge is -2.39. The van der Waals surface area contributed by atoms with E-state index in [1.165, 1.54) is 0 Å². The SMILES string of the molecule is CC(C)NC(=O)[C@@H]1CN(C[C@H]2CCOC2)C[C@]12Cc1ccccc1C(=O)N2. The molecule has 3 aliphatic rings. The molecule has 3 aliphatic heterocycles. The first kappa shape index (κ1) is 18.4. The number of nitrogens with one attached hydrogen (secondary N) is 2. The van der Waals surface area contributed by atoms with Crippen LogP contribution in [-0.4, -0.2) is 61.1 Å². The Labute approximate surface area is 160 Å².